The maximum atomic E-state index is 12.8. The van der Waals surface area contributed by atoms with Crippen LogP contribution in [0.1, 0.15) is 41.8 Å². The van der Waals surface area contributed by atoms with E-state index in [9.17, 15) is 21.6 Å². The van der Waals surface area contributed by atoms with Crippen LogP contribution in [0.2, 0.25) is 5.02 Å². The lowest BCUT2D eigenvalue weighted by Crippen LogP contribution is -2.35. The number of halogens is 1. The van der Waals surface area contributed by atoms with Crippen LogP contribution in [0.5, 0.6) is 0 Å². The van der Waals surface area contributed by atoms with Crippen molar-refractivity contribution in [3.63, 3.8) is 0 Å². The monoisotopic (exact) mass is 484 g/mol. The number of aryl methyl sites for hydroxylation is 1. The van der Waals surface area contributed by atoms with Gasteiger partial charge in [0.15, 0.2) is 9.84 Å². The predicted molar refractivity (Wildman–Crippen MR) is 122 cm³/mol. The smallest absolute Gasteiger partial charge is 0.255 e. The van der Waals surface area contributed by atoms with Crippen molar-refractivity contribution in [1.82, 2.24) is 4.72 Å². The molecule has 1 aliphatic heterocycles. The fourth-order valence-electron chi connectivity index (χ4n) is 3.61. The van der Waals surface area contributed by atoms with Crippen molar-refractivity contribution in [3.05, 3.63) is 58.1 Å². The van der Waals surface area contributed by atoms with Crippen molar-refractivity contribution in [3.8, 4) is 0 Å². The largest absolute Gasteiger partial charge is 0.321 e. The molecule has 0 aliphatic carbocycles. The molecule has 2 N–H and O–H groups in total. The molecular formula is C21H25ClN2O5S2. The van der Waals surface area contributed by atoms with Gasteiger partial charge in [0.25, 0.3) is 5.91 Å². The number of benzene rings is 2. The van der Waals surface area contributed by atoms with Crippen LogP contribution in [0.4, 0.5) is 5.69 Å². The first kappa shape index (κ1) is 23.7. The van der Waals surface area contributed by atoms with Crippen LogP contribution in [0, 0.1) is 0 Å². The highest BCUT2D eigenvalue weighted by Gasteiger charge is 2.31. The molecule has 1 aliphatic rings. The van der Waals surface area contributed by atoms with Crippen LogP contribution >= 0.6 is 11.6 Å². The molecular weight excluding hydrogens is 460 g/mol. The molecule has 1 heterocycles. The molecule has 0 bridgehead atoms. The minimum absolute atomic E-state index is 0.0255. The molecule has 0 spiro atoms. The van der Waals surface area contributed by atoms with Gasteiger partial charge in [0.1, 0.15) is 0 Å². The average molecular weight is 485 g/mol. The Kier molecular flexibility index (Phi) is 7.10. The Morgan fingerprint density at radius 2 is 1.77 bits per heavy atom. The normalized spacial score (nSPS) is 18.1. The van der Waals surface area contributed by atoms with Gasteiger partial charge in [-0.1, -0.05) is 31.5 Å². The summed E-state index contributed by atoms with van der Waals surface area (Å²) in [7, 11) is -7.09. The van der Waals surface area contributed by atoms with Crippen LogP contribution < -0.4 is 10.0 Å². The summed E-state index contributed by atoms with van der Waals surface area (Å²) in [4.78, 5) is 12.8. The zero-order valence-corrected chi connectivity index (χ0v) is 19.7. The number of sulfone groups is 1. The summed E-state index contributed by atoms with van der Waals surface area (Å²) in [6.07, 6.45) is 1.63. The molecule has 2 aromatic rings. The van der Waals surface area contributed by atoms with Crippen molar-refractivity contribution < 1.29 is 21.6 Å². The van der Waals surface area contributed by atoms with Gasteiger partial charge in [-0.2, -0.15) is 0 Å². The number of sulfonamides is 1. The number of nitrogens with one attached hydrogen (secondary N) is 2. The van der Waals surface area contributed by atoms with Crippen molar-refractivity contribution in [1.29, 1.82) is 0 Å². The van der Waals surface area contributed by atoms with Crippen molar-refractivity contribution in [2.75, 3.05) is 16.8 Å². The maximum absolute atomic E-state index is 12.8. The van der Waals surface area contributed by atoms with Crippen LogP contribution in [0.15, 0.2) is 41.3 Å². The predicted octanol–water partition coefficient (Wildman–Crippen LogP) is 3.18. The van der Waals surface area contributed by atoms with Gasteiger partial charge in [-0.05, 0) is 60.7 Å². The number of carbonyl (C=O) groups excluding carboxylic acids is 1. The molecule has 31 heavy (non-hydrogen) atoms. The second-order valence-corrected chi connectivity index (χ2v) is 11.8. The van der Waals surface area contributed by atoms with Gasteiger partial charge in [0.05, 0.1) is 16.4 Å². The highest BCUT2D eigenvalue weighted by molar-refractivity contribution is 7.92. The summed E-state index contributed by atoms with van der Waals surface area (Å²) in [6, 6.07) is 8.58. The molecule has 2 aromatic carbocycles. The van der Waals surface area contributed by atoms with Gasteiger partial charge in [0, 0.05) is 22.3 Å². The number of rotatable bonds is 7. The van der Waals surface area contributed by atoms with E-state index in [0.29, 0.717) is 22.7 Å². The Morgan fingerprint density at radius 3 is 2.32 bits per heavy atom. The van der Waals surface area contributed by atoms with E-state index < -0.39 is 25.9 Å². The van der Waals surface area contributed by atoms with Crippen LogP contribution in [-0.2, 0) is 32.7 Å². The lowest BCUT2D eigenvalue weighted by atomic mass is 10.0. The Morgan fingerprint density at radius 1 is 1.10 bits per heavy atom. The Labute approximate surface area is 188 Å². The summed E-state index contributed by atoms with van der Waals surface area (Å²) in [5, 5.41) is 3.49. The zero-order valence-electron chi connectivity index (χ0n) is 17.3. The molecule has 10 heteroatoms. The number of hydrogen-bond donors (Lipinski definition) is 2. The highest BCUT2D eigenvalue weighted by Crippen LogP contribution is 2.30. The van der Waals surface area contributed by atoms with Gasteiger partial charge >= 0.3 is 0 Å². The summed E-state index contributed by atoms with van der Waals surface area (Å²) < 4.78 is 50.7. The van der Waals surface area contributed by atoms with Crippen molar-refractivity contribution >= 4 is 43.1 Å². The van der Waals surface area contributed by atoms with Gasteiger partial charge in [-0.25, -0.2) is 21.6 Å². The fraction of sp³-hybridized carbons (Fsp3) is 0.381. The Balaban J connectivity index is 1.78. The lowest BCUT2D eigenvalue weighted by molar-refractivity contribution is 0.102. The zero-order chi connectivity index (χ0) is 22.8. The van der Waals surface area contributed by atoms with Gasteiger partial charge in [-0.3, -0.25) is 4.79 Å². The first-order valence-corrected chi connectivity index (χ1v) is 13.7. The SMILES string of the molecule is CCc1ccc(Cl)c(CC)c1NC(=O)c1ccc(S(=O)(=O)NC2CCS(=O)(=O)C2)cc1. The second kappa shape index (κ2) is 9.28. The summed E-state index contributed by atoms with van der Waals surface area (Å²) in [5.41, 5.74) is 2.79. The number of carbonyl (C=O) groups is 1. The van der Waals surface area contributed by atoms with E-state index in [0.717, 1.165) is 17.5 Å². The van der Waals surface area contributed by atoms with Crippen LogP contribution in [-0.4, -0.2) is 40.3 Å². The van der Waals surface area contributed by atoms with Gasteiger partial charge < -0.3 is 5.32 Å². The summed E-state index contributed by atoms with van der Waals surface area (Å²) in [5.74, 6) is -0.598. The Hall–Kier alpha value is -1.94. The minimum atomic E-state index is -3.89. The maximum Gasteiger partial charge on any atom is 0.255 e. The number of anilines is 1. The number of hydrogen-bond acceptors (Lipinski definition) is 5. The van der Waals surface area contributed by atoms with E-state index in [-0.39, 0.29) is 28.7 Å². The first-order valence-electron chi connectivity index (χ1n) is 10.0. The molecule has 1 fully saturated rings. The average Bonchev–Trinajstić information content (AvgIpc) is 3.06. The van der Waals surface area contributed by atoms with Crippen LogP contribution in [0.3, 0.4) is 0 Å². The van der Waals surface area contributed by atoms with E-state index in [1.165, 1.54) is 24.3 Å². The third-order valence-electron chi connectivity index (χ3n) is 5.30. The molecule has 1 atom stereocenters. The standard InChI is InChI=1S/C21H25ClN2O5S2/c1-3-14-7-10-19(22)18(4-2)20(14)23-21(25)15-5-8-17(9-6-15)31(28,29)24-16-11-12-30(26,27)13-16/h5-10,16,24H,3-4,11-13H2,1-2H3,(H,23,25). The molecule has 7 nitrogen and oxygen atoms in total. The highest BCUT2D eigenvalue weighted by atomic mass is 35.5. The fourth-order valence-corrected chi connectivity index (χ4v) is 6.95. The molecule has 0 aromatic heterocycles. The van der Waals surface area contributed by atoms with E-state index in [4.69, 9.17) is 11.6 Å². The van der Waals surface area contributed by atoms with E-state index in [2.05, 4.69) is 10.0 Å². The van der Waals surface area contributed by atoms with Gasteiger partial charge in [-0.15, -0.1) is 0 Å². The van der Waals surface area contributed by atoms with E-state index in [1.807, 2.05) is 26.0 Å². The first-order chi connectivity index (χ1) is 14.6. The molecule has 168 valence electrons. The van der Waals surface area contributed by atoms with Gasteiger partial charge in [0.2, 0.25) is 10.0 Å². The molecule has 3 rings (SSSR count). The Bertz CT molecular complexity index is 1190. The van der Waals surface area contributed by atoms with Crippen molar-refractivity contribution in [2.45, 2.75) is 44.0 Å². The topological polar surface area (TPSA) is 109 Å². The molecule has 1 unspecified atom stereocenters. The van der Waals surface area contributed by atoms with Crippen molar-refractivity contribution in [2.24, 2.45) is 0 Å². The molecule has 1 amide bonds. The quantitative estimate of drug-likeness (QED) is 0.627. The van der Waals surface area contributed by atoms with E-state index in [1.54, 1.807) is 0 Å². The third kappa shape index (κ3) is 5.46. The summed E-state index contributed by atoms with van der Waals surface area (Å²) >= 11 is 6.28. The van der Waals surface area contributed by atoms with Crippen LogP contribution in [0.25, 0.3) is 0 Å². The molecule has 0 radical (unpaired) electrons. The lowest BCUT2D eigenvalue weighted by Gasteiger charge is -2.16. The number of amides is 1. The molecule has 1 saturated heterocycles. The van der Waals surface area contributed by atoms with E-state index >= 15 is 0 Å². The second-order valence-electron chi connectivity index (χ2n) is 7.47. The summed E-state index contributed by atoms with van der Waals surface area (Å²) in [6.45, 7) is 3.94. The molecule has 0 saturated carbocycles. The third-order valence-corrected chi connectivity index (χ3v) is 8.95. The minimum Gasteiger partial charge on any atom is -0.321 e.